The lowest BCUT2D eigenvalue weighted by Gasteiger charge is -2.37. The zero-order chi connectivity index (χ0) is 14.9. The predicted molar refractivity (Wildman–Crippen MR) is 83.2 cm³/mol. The summed E-state index contributed by atoms with van der Waals surface area (Å²) in [4.78, 5) is 13.4. The van der Waals surface area contributed by atoms with Gasteiger partial charge in [-0.05, 0) is 30.2 Å². The van der Waals surface area contributed by atoms with Gasteiger partial charge in [0.2, 0.25) is 5.95 Å². The molecule has 2 unspecified atom stereocenters. The van der Waals surface area contributed by atoms with Crippen molar-refractivity contribution in [2.24, 2.45) is 11.3 Å². The van der Waals surface area contributed by atoms with Crippen molar-refractivity contribution >= 4 is 5.95 Å². The standard InChI is InChI=1S/C16H26N4O/c1-16(2)5-4-13(14(16)21)12-19-8-10-20(11-9-19)15-17-6-3-7-18-15/h3,6-7,13-14,21H,4-5,8-12H2,1-2H3. The molecule has 1 N–H and O–H groups in total. The minimum absolute atomic E-state index is 0.0877. The highest BCUT2D eigenvalue weighted by Crippen LogP contribution is 2.41. The van der Waals surface area contributed by atoms with Gasteiger partial charge in [-0.15, -0.1) is 0 Å². The van der Waals surface area contributed by atoms with E-state index in [0.717, 1.165) is 51.5 Å². The van der Waals surface area contributed by atoms with Crippen molar-refractivity contribution in [1.82, 2.24) is 14.9 Å². The van der Waals surface area contributed by atoms with Crippen molar-refractivity contribution in [3.63, 3.8) is 0 Å². The fourth-order valence-corrected chi connectivity index (χ4v) is 3.61. The first kappa shape index (κ1) is 14.7. The number of hydrogen-bond acceptors (Lipinski definition) is 5. The molecule has 1 aliphatic carbocycles. The first-order valence-corrected chi connectivity index (χ1v) is 7.99. The largest absolute Gasteiger partial charge is 0.392 e. The summed E-state index contributed by atoms with van der Waals surface area (Å²) >= 11 is 0. The molecule has 0 spiro atoms. The molecule has 2 aliphatic rings. The van der Waals surface area contributed by atoms with Gasteiger partial charge in [-0.25, -0.2) is 9.97 Å². The molecule has 2 fully saturated rings. The van der Waals surface area contributed by atoms with Crippen molar-refractivity contribution in [2.45, 2.75) is 32.8 Å². The molecule has 5 heteroatoms. The normalized spacial score (nSPS) is 29.8. The summed E-state index contributed by atoms with van der Waals surface area (Å²) < 4.78 is 0. The maximum atomic E-state index is 10.4. The van der Waals surface area contributed by atoms with Gasteiger partial charge in [0.15, 0.2) is 0 Å². The second kappa shape index (κ2) is 5.89. The van der Waals surface area contributed by atoms with E-state index in [4.69, 9.17) is 0 Å². The molecule has 1 aromatic heterocycles. The third-order valence-corrected chi connectivity index (χ3v) is 5.11. The SMILES string of the molecule is CC1(C)CCC(CN2CCN(c3ncccn3)CC2)C1O. The highest BCUT2D eigenvalue weighted by Gasteiger charge is 2.41. The summed E-state index contributed by atoms with van der Waals surface area (Å²) in [5.41, 5.74) is 0.0877. The number of nitrogens with zero attached hydrogens (tertiary/aromatic N) is 4. The van der Waals surface area contributed by atoms with Gasteiger partial charge in [0.05, 0.1) is 6.10 Å². The van der Waals surface area contributed by atoms with Crippen LogP contribution in [0.25, 0.3) is 0 Å². The molecule has 1 saturated carbocycles. The van der Waals surface area contributed by atoms with Crippen LogP contribution in [0, 0.1) is 11.3 Å². The molecule has 3 rings (SSSR count). The Morgan fingerprint density at radius 2 is 1.86 bits per heavy atom. The van der Waals surface area contributed by atoms with Crippen LogP contribution < -0.4 is 4.90 Å². The van der Waals surface area contributed by atoms with Crippen LogP contribution in [0.15, 0.2) is 18.5 Å². The van der Waals surface area contributed by atoms with Crippen molar-refractivity contribution in [2.75, 3.05) is 37.6 Å². The lowest BCUT2D eigenvalue weighted by molar-refractivity contribution is 0.0319. The number of aromatic nitrogens is 2. The van der Waals surface area contributed by atoms with Gasteiger partial charge in [-0.2, -0.15) is 0 Å². The number of hydrogen-bond donors (Lipinski definition) is 1. The van der Waals surface area contributed by atoms with E-state index in [0.29, 0.717) is 5.92 Å². The van der Waals surface area contributed by atoms with Crippen LogP contribution in [0.5, 0.6) is 0 Å². The summed E-state index contributed by atoms with van der Waals surface area (Å²) in [6.07, 6.45) is 5.72. The van der Waals surface area contributed by atoms with Gasteiger partial charge in [0.1, 0.15) is 0 Å². The lowest BCUT2D eigenvalue weighted by atomic mass is 9.87. The van der Waals surface area contributed by atoms with Gasteiger partial charge in [0, 0.05) is 45.1 Å². The van der Waals surface area contributed by atoms with Crippen molar-refractivity contribution in [3.05, 3.63) is 18.5 Å². The lowest BCUT2D eigenvalue weighted by Crippen LogP contribution is -2.49. The highest BCUT2D eigenvalue weighted by molar-refractivity contribution is 5.29. The average Bonchev–Trinajstić information content (AvgIpc) is 2.76. The molecule has 0 radical (unpaired) electrons. The Labute approximate surface area is 127 Å². The summed E-state index contributed by atoms with van der Waals surface area (Å²) in [6, 6.07) is 1.85. The Kier molecular flexibility index (Phi) is 4.13. The molecule has 2 heterocycles. The number of rotatable bonds is 3. The minimum atomic E-state index is -0.159. The van der Waals surface area contributed by atoms with Crippen molar-refractivity contribution < 1.29 is 5.11 Å². The zero-order valence-electron chi connectivity index (χ0n) is 13.1. The van der Waals surface area contributed by atoms with E-state index in [1.54, 1.807) is 12.4 Å². The van der Waals surface area contributed by atoms with E-state index in [-0.39, 0.29) is 11.5 Å². The second-order valence-corrected chi connectivity index (χ2v) is 7.07. The zero-order valence-corrected chi connectivity index (χ0v) is 13.1. The van der Waals surface area contributed by atoms with E-state index in [1.807, 2.05) is 6.07 Å². The van der Waals surface area contributed by atoms with Crippen LogP contribution in [-0.4, -0.2) is 58.8 Å². The molecule has 1 saturated heterocycles. The molecule has 0 aromatic carbocycles. The van der Waals surface area contributed by atoms with E-state index in [9.17, 15) is 5.11 Å². The summed E-state index contributed by atoms with van der Waals surface area (Å²) in [6.45, 7) is 9.38. The summed E-state index contributed by atoms with van der Waals surface area (Å²) in [5.74, 6) is 1.26. The second-order valence-electron chi connectivity index (χ2n) is 7.07. The van der Waals surface area contributed by atoms with Gasteiger partial charge in [-0.3, -0.25) is 4.90 Å². The molecule has 0 bridgehead atoms. The topological polar surface area (TPSA) is 52.5 Å². The Balaban J connectivity index is 1.51. The number of aliphatic hydroxyl groups is 1. The number of piperazine rings is 1. The van der Waals surface area contributed by atoms with Crippen LogP contribution in [0.2, 0.25) is 0 Å². The maximum Gasteiger partial charge on any atom is 0.225 e. The molecule has 1 aliphatic heterocycles. The fourth-order valence-electron chi connectivity index (χ4n) is 3.61. The predicted octanol–water partition coefficient (Wildman–Crippen LogP) is 1.40. The molecule has 5 nitrogen and oxygen atoms in total. The Bertz CT molecular complexity index is 457. The maximum absolute atomic E-state index is 10.4. The monoisotopic (exact) mass is 290 g/mol. The smallest absolute Gasteiger partial charge is 0.225 e. The van der Waals surface area contributed by atoms with Crippen molar-refractivity contribution in [1.29, 1.82) is 0 Å². The summed E-state index contributed by atoms with van der Waals surface area (Å²) in [7, 11) is 0. The van der Waals surface area contributed by atoms with Crippen LogP contribution >= 0.6 is 0 Å². The molecule has 0 amide bonds. The van der Waals surface area contributed by atoms with Gasteiger partial charge in [-0.1, -0.05) is 13.8 Å². The average molecular weight is 290 g/mol. The number of anilines is 1. The first-order chi connectivity index (χ1) is 10.1. The highest BCUT2D eigenvalue weighted by atomic mass is 16.3. The fraction of sp³-hybridized carbons (Fsp3) is 0.750. The Hall–Kier alpha value is -1.20. The molecular weight excluding hydrogens is 264 g/mol. The van der Waals surface area contributed by atoms with Crippen LogP contribution in [0.1, 0.15) is 26.7 Å². The van der Waals surface area contributed by atoms with Crippen LogP contribution in [0.4, 0.5) is 5.95 Å². The molecule has 2 atom stereocenters. The minimum Gasteiger partial charge on any atom is -0.392 e. The van der Waals surface area contributed by atoms with E-state index < -0.39 is 0 Å². The Morgan fingerprint density at radius 3 is 2.43 bits per heavy atom. The summed E-state index contributed by atoms with van der Waals surface area (Å²) in [5, 5.41) is 10.4. The third kappa shape index (κ3) is 3.19. The van der Waals surface area contributed by atoms with Crippen molar-refractivity contribution in [3.8, 4) is 0 Å². The number of aliphatic hydroxyl groups excluding tert-OH is 1. The van der Waals surface area contributed by atoms with Gasteiger partial charge >= 0.3 is 0 Å². The molecular formula is C16H26N4O. The first-order valence-electron chi connectivity index (χ1n) is 7.99. The van der Waals surface area contributed by atoms with Gasteiger partial charge in [0.25, 0.3) is 0 Å². The molecule has 21 heavy (non-hydrogen) atoms. The van der Waals surface area contributed by atoms with Crippen LogP contribution in [0.3, 0.4) is 0 Å². The van der Waals surface area contributed by atoms with E-state index in [1.165, 1.54) is 0 Å². The van der Waals surface area contributed by atoms with Gasteiger partial charge < -0.3 is 10.0 Å². The van der Waals surface area contributed by atoms with E-state index in [2.05, 4.69) is 33.6 Å². The molecule has 116 valence electrons. The van der Waals surface area contributed by atoms with E-state index >= 15 is 0 Å². The molecule has 1 aromatic rings. The Morgan fingerprint density at radius 1 is 1.19 bits per heavy atom. The third-order valence-electron chi connectivity index (χ3n) is 5.11. The quantitative estimate of drug-likeness (QED) is 0.912. The van der Waals surface area contributed by atoms with Crippen LogP contribution in [-0.2, 0) is 0 Å².